The maximum Gasteiger partial charge on any atom is 0.230 e. The van der Waals surface area contributed by atoms with Crippen LogP contribution in [0.5, 0.6) is 0 Å². The van der Waals surface area contributed by atoms with Gasteiger partial charge >= 0.3 is 0 Å². The van der Waals surface area contributed by atoms with Gasteiger partial charge < -0.3 is 15.1 Å². The van der Waals surface area contributed by atoms with Crippen LogP contribution in [0.15, 0.2) is 0 Å². The van der Waals surface area contributed by atoms with Crippen molar-refractivity contribution >= 4 is 5.91 Å². The van der Waals surface area contributed by atoms with E-state index >= 15 is 0 Å². The summed E-state index contributed by atoms with van der Waals surface area (Å²) in [6.45, 7) is 5.96. The molecule has 0 radical (unpaired) electrons. The molecule has 1 N–H and O–H groups in total. The summed E-state index contributed by atoms with van der Waals surface area (Å²) in [4.78, 5) is 17.3. The Bertz CT molecular complexity index is 311. The molecule has 0 aliphatic carbocycles. The van der Waals surface area contributed by atoms with E-state index in [-0.39, 0.29) is 5.41 Å². The second kappa shape index (κ2) is 6.23. The Balaban J connectivity index is 2.04. The third kappa shape index (κ3) is 3.11. The molecule has 2 atom stereocenters. The number of piperidine rings is 2. The lowest BCUT2D eigenvalue weighted by Crippen LogP contribution is -2.56. The number of carbonyl (C=O) groups excluding carboxylic acids is 1. The van der Waals surface area contributed by atoms with Crippen LogP contribution in [0.1, 0.15) is 39.0 Å². The molecule has 0 spiro atoms. The van der Waals surface area contributed by atoms with E-state index in [0.29, 0.717) is 11.9 Å². The van der Waals surface area contributed by atoms with Crippen molar-refractivity contribution in [2.45, 2.75) is 45.1 Å². The van der Waals surface area contributed by atoms with Crippen molar-refractivity contribution in [3.63, 3.8) is 0 Å². The Morgan fingerprint density at radius 2 is 2.21 bits per heavy atom. The summed E-state index contributed by atoms with van der Waals surface area (Å²) in [6.07, 6.45) is 5.50. The molecule has 2 aliphatic heterocycles. The zero-order valence-corrected chi connectivity index (χ0v) is 12.7. The van der Waals surface area contributed by atoms with E-state index in [0.717, 1.165) is 51.9 Å². The van der Waals surface area contributed by atoms with E-state index < -0.39 is 0 Å². The van der Waals surface area contributed by atoms with Crippen LogP contribution in [0, 0.1) is 5.41 Å². The average molecular weight is 267 g/mol. The summed E-state index contributed by atoms with van der Waals surface area (Å²) >= 11 is 0. The Morgan fingerprint density at radius 1 is 1.42 bits per heavy atom. The fourth-order valence-corrected chi connectivity index (χ4v) is 3.50. The van der Waals surface area contributed by atoms with Gasteiger partial charge in [-0.2, -0.15) is 0 Å². The summed E-state index contributed by atoms with van der Waals surface area (Å²) in [5, 5.41) is 3.42. The van der Waals surface area contributed by atoms with E-state index in [4.69, 9.17) is 0 Å². The molecule has 0 aromatic heterocycles. The van der Waals surface area contributed by atoms with E-state index in [1.807, 2.05) is 0 Å². The molecule has 4 nitrogen and oxygen atoms in total. The van der Waals surface area contributed by atoms with Crippen molar-refractivity contribution in [1.82, 2.24) is 15.1 Å². The van der Waals surface area contributed by atoms with E-state index in [1.165, 1.54) is 6.42 Å². The molecule has 2 fully saturated rings. The van der Waals surface area contributed by atoms with Crippen LogP contribution >= 0.6 is 0 Å². The molecule has 0 aromatic carbocycles. The van der Waals surface area contributed by atoms with Gasteiger partial charge in [-0.05, 0) is 52.7 Å². The number of hydrogen-bond acceptors (Lipinski definition) is 3. The quantitative estimate of drug-likeness (QED) is 0.838. The third-order valence-electron chi connectivity index (χ3n) is 5.02. The monoisotopic (exact) mass is 267 g/mol. The first-order chi connectivity index (χ1) is 9.09. The molecule has 4 heteroatoms. The van der Waals surface area contributed by atoms with Gasteiger partial charge in [-0.15, -0.1) is 0 Å². The summed E-state index contributed by atoms with van der Waals surface area (Å²) in [5.74, 6) is 0.397. The van der Waals surface area contributed by atoms with E-state index in [2.05, 4.69) is 36.1 Å². The molecule has 110 valence electrons. The van der Waals surface area contributed by atoms with Crippen molar-refractivity contribution in [3.05, 3.63) is 0 Å². The second-order valence-corrected chi connectivity index (χ2v) is 6.43. The molecule has 2 aliphatic rings. The Labute approximate surface area is 117 Å². The number of amides is 1. The first kappa shape index (κ1) is 14.8. The maximum atomic E-state index is 12.9. The molecule has 2 saturated heterocycles. The number of carbonyl (C=O) groups is 1. The van der Waals surface area contributed by atoms with Gasteiger partial charge in [-0.1, -0.05) is 6.92 Å². The Morgan fingerprint density at radius 3 is 2.79 bits per heavy atom. The van der Waals surface area contributed by atoms with Crippen LogP contribution < -0.4 is 5.32 Å². The lowest BCUT2D eigenvalue weighted by Gasteiger charge is -2.43. The fourth-order valence-electron chi connectivity index (χ4n) is 3.50. The van der Waals surface area contributed by atoms with Gasteiger partial charge in [0.05, 0.1) is 5.41 Å². The minimum absolute atomic E-state index is 0.132. The standard InChI is InChI=1S/C15H29N3O/c1-4-15(8-6-9-16-12-15)14(19)18-10-5-7-13(11-18)17(2)3/h13,16H,4-12H2,1-3H3. The zero-order valence-electron chi connectivity index (χ0n) is 12.7. The summed E-state index contributed by atoms with van der Waals surface area (Å²) in [6, 6.07) is 0.531. The average Bonchev–Trinajstić information content (AvgIpc) is 2.47. The Kier molecular flexibility index (Phi) is 4.85. The van der Waals surface area contributed by atoms with Gasteiger partial charge in [0.1, 0.15) is 0 Å². The molecular weight excluding hydrogens is 238 g/mol. The highest BCUT2D eigenvalue weighted by Gasteiger charge is 2.41. The highest BCUT2D eigenvalue weighted by molar-refractivity contribution is 5.83. The molecule has 1 amide bonds. The van der Waals surface area contributed by atoms with Gasteiger partial charge in [0, 0.05) is 25.7 Å². The predicted molar refractivity (Wildman–Crippen MR) is 78.1 cm³/mol. The van der Waals surface area contributed by atoms with Crippen molar-refractivity contribution in [1.29, 1.82) is 0 Å². The van der Waals surface area contributed by atoms with Crippen LogP contribution in [-0.2, 0) is 4.79 Å². The largest absolute Gasteiger partial charge is 0.341 e. The van der Waals surface area contributed by atoms with Crippen LogP contribution in [-0.4, -0.2) is 62.0 Å². The van der Waals surface area contributed by atoms with Crippen LogP contribution in [0.3, 0.4) is 0 Å². The number of hydrogen-bond donors (Lipinski definition) is 1. The maximum absolute atomic E-state index is 12.9. The predicted octanol–water partition coefficient (Wildman–Crippen LogP) is 1.32. The first-order valence-electron chi connectivity index (χ1n) is 7.75. The Hall–Kier alpha value is -0.610. The molecule has 0 bridgehead atoms. The minimum Gasteiger partial charge on any atom is -0.341 e. The summed E-state index contributed by atoms with van der Waals surface area (Å²) in [5.41, 5.74) is -0.132. The highest BCUT2D eigenvalue weighted by Crippen LogP contribution is 2.33. The van der Waals surface area contributed by atoms with Crippen LogP contribution in [0.25, 0.3) is 0 Å². The lowest BCUT2D eigenvalue weighted by atomic mass is 9.76. The van der Waals surface area contributed by atoms with Gasteiger partial charge in [-0.3, -0.25) is 4.79 Å². The molecule has 2 heterocycles. The van der Waals surface area contributed by atoms with Crippen molar-refractivity contribution < 1.29 is 4.79 Å². The summed E-state index contributed by atoms with van der Waals surface area (Å²) < 4.78 is 0. The third-order valence-corrected chi connectivity index (χ3v) is 5.02. The number of nitrogens with zero attached hydrogens (tertiary/aromatic N) is 2. The topological polar surface area (TPSA) is 35.6 Å². The van der Waals surface area contributed by atoms with Gasteiger partial charge in [0.2, 0.25) is 5.91 Å². The van der Waals surface area contributed by atoms with Gasteiger partial charge in [0.15, 0.2) is 0 Å². The normalized spacial score (nSPS) is 32.6. The minimum atomic E-state index is -0.132. The van der Waals surface area contributed by atoms with Crippen molar-refractivity contribution in [2.24, 2.45) is 5.41 Å². The summed E-state index contributed by atoms with van der Waals surface area (Å²) in [7, 11) is 4.24. The van der Waals surface area contributed by atoms with Crippen LogP contribution in [0.2, 0.25) is 0 Å². The highest BCUT2D eigenvalue weighted by atomic mass is 16.2. The number of likely N-dealkylation sites (tertiary alicyclic amines) is 1. The first-order valence-corrected chi connectivity index (χ1v) is 7.75. The van der Waals surface area contributed by atoms with Crippen LogP contribution in [0.4, 0.5) is 0 Å². The molecular formula is C15H29N3O. The molecule has 2 unspecified atom stereocenters. The van der Waals surface area contributed by atoms with Gasteiger partial charge in [-0.25, -0.2) is 0 Å². The molecule has 2 rings (SSSR count). The number of rotatable bonds is 3. The zero-order chi connectivity index (χ0) is 13.9. The molecule has 19 heavy (non-hydrogen) atoms. The fraction of sp³-hybridized carbons (Fsp3) is 0.933. The van der Waals surface area contributed by atoms with E-state index in [1.54, 1.807) is 0 Å². The molecule has 0 aromatic rings. The lowest BCUT2D eigenvalue weighted by molar-refractivity contribution is -0.145. The number of nitrogens with one attached hydrogen (secondary N) is 1. The van der Waals surface area contributed by atoms with Gasteiger partial charge in [0.25, 0.3) is 0 Å². The second-order valence-electron chi connectivity index (χ2n) is 6.43. The molecule has 0 saturated carbocycles. The van der Waals surface area contributed by atoms with E-state index in [9.17, 15) is 4.79 Å². The van der Waals surface area contributed by atoms with Crippen molar-refractivity contribution in [2.75, 3.05) is 40.3 Å². The SMILES string of the molecule is CCC1(C(=O)N2CCCC(N(C)C)C2)CCCNC1. The smallest absolute Gasteiger partial charge is 0.230 e. The number of likely N-dealkylation sites (N-methyl/N-ethyl adjacent to an activating group) is 1. The van der Waals surface area contributed by atoms with Crippen molar-refractivity contribution in [3.8, 4) is 0 Å².